The molecule has 1 aromatic carbocycles. The van der Waals surface area contributed by atoms with E-state index in [1.807, 2.05) is 30.0 Å². The largest absolute Gasteiger partial charge is 0.399 e. The molecule has 2 N–H and O–H groups in total. The molecular weight excluding hydrogens is 236 g/mol. The van der Waals surface area contributed by atoms with Crippen LogP contribution in [0.2, 0.25) is 0 Å². The monoisotopic (exact) mass is 258 g/mol. The molecule has 3 heteroatoms. The highest BCUT2D eigenvalue weighted by Crippen LogP contribution is 2.36. The summed E-state index contributed by atoms with van der Waals surface area (Å²) in [4.78, 5) is 14.7. The normalized spacial score (nSPS) is 26.3. The highest BCUT2D eigenvalue weighted by molar-refractivity contribution is 5.96. The van der Waals surface area contributed by atoms with E-state index in [-0.39, 0.29) is 5.91 Å². The summed E-state index contributed by atoms with van der Waals surface area (Å²) < 4.78 is 0. The summed E-state index contributed by atoms with van der Waals surface area (Å²) in [6.07, 6.45) is 5.26. The quantitative estimate of drug-likeness (QED) is 0.787. The van der Waals surface area contributed by atoms with Crippen LogP contribution in [0.15, 0.2) is 18.2 Å². The second-order valence-corrected chi connectivity index (χ2v) is 6.09. The number of likely N-dealkylation sites (tertiary alicyclic amines) is 1. The predicted octanol–water partition coefficient (Wildman–Crippen LogP) is 2.84. The van der Waals surface area contributed by atoms with Crippen LogP contribution in [0, 0.1) is 18.8 Å². The molecule has 1 aliphatic carbocycles. The van der Waals surface area contributed by atoms with Crippen LogP contribution in [-0.4, -0.2) is 23.9 Å². The van der Waals surface area contributed by atoms with Gasteiger partial charge in [-0.1, -0.05) is 18.9 Å². The third kappa shape index (κ3) is 2.34. The van der Waals surface area contributed by atoms with Gasteiger partial charge in [0.1, 0.15) is 0 Å². The van der Waals surface area contributed by atoms with Gasteiger partial charge >= 0.3 is 0 Å². The molecule has 2 unspecified atom stereocenters. The fraction of sp³-hybridized carbons (Fsp3) is 0.562. The molecule has 1 heterocycles. The van der Waals surface area contributed by atoms with Crippen molar-refractivity contribution in [2.75, 3.05) is 18.8 Å². The van der Waals surface area contributed by atoms with E-state index >= 15 is 0 Å². The highest BCUT2D eigenvalue weighted by atomic mass is 16.2. The third-order valence-corrected chi connectivity index (χ3v) is 4.76. The van der Waals surface area contributed by atoms with E-state index in [1.54, 1.807) is 0 Å². The smallest absolute Gasteiger partial charge is 0.254 e. The lowest BCUT2D eigenvalue weighted by atomic mass is 9.82. The number of nitrogen functional groups attached to an aromatic ring is 1. The van der Waals surface area contributed by atoms with Crippen molar-refractivity contribution in [3.8, 4) is 0 Å². The molecule has 0 bridgehead atoms. The fourth-order valence-electron chi connectivity index (χ4n) is 3.61. The maximum absolute atomic E-state index is 12.6. The molecule has 0 radical (unpaired) electrons. The Morgan fingerprint density at radius 3 is 2.47 bits per heavy atom. The van der Waals surface area contributed by atoms with Gasteiger partial charge in [-0.25, -0.2) is 0 Å². The zero-order chi connectivity index (χ0) is 13.4. The van der Waals surface area contributed by atoms with Crippen molar-refractivity contribution in [2.45, 2.75) is 32.6 Å². The van der Waals surface area contributed by atoms with Crippen LogP contribution in [0.5, 0.6) is 0 Å². The van der Waals surface area contributed by atoms with Crippen molar-refractivity contribution < 1.29 is 4.79 Å². The minimum atomic E-state index is 0.166. The van der Waals surface area contributed by atoms with Crippen molar-refractivity contribution in [3.05, 3.63) is 29.3 Å². The Kier molecular flexibility index (Phi) is 3.21. The lowest BCUT2D eigenvalue weighted by molar-refractivity contribution is 0.0783. The van der Waals surface area contributed by atoms with Crippen LogP contribution < -0.4 is 5.73 Å². The fourth-order valence-corrected chi connectivity index (χ4v) is 3.61. The SMILES string of the molecule is Cc1ccc(N)cc1C(=O)N1CC2CCCCC2C1. The summed E-state index contributed by atoms with van der Waals surface area (Å²) in [6, 6.07) is 5.61. The summed E-state index contributed by atoms with van der Waals surface area (Å²) in [6.45, 7) is 3.87. The van der Waals surface area contributed by atoms with Crippen LogP contribution in [0.4, 0.5) is 5.69 Å². The Morgan fingerprint density at radius 2 is 1.84 bits per heavy atom. The number of nitrogens with zero attached hydrogens (tertiary/aromatic N) is 1. The van der Waals surface area contributed by atoms with Crippen molar-refractivity contribution in [1.29, 1.82) is 0 Å². The number of nitrogens with two attached hydrogens (primary N) is 1. The Labute approximate surface area is 114 Å². The molecule has 3 rings (SSSR count). The summed E-state index contributed by atoms with van der Waals surface area (Å²) in [5.74, 6) is 1.64. The van der Waals surface area contributed by atoms with E-state index in [0.717, 1.165) is 36.1 Å². The zero-order valence-corrected chi connectivity index (χ0v) is 11.6. The number of hydrogen-bond acceptors (Lipinski definition) is 2. The average molecular weight is 258 g/mol. The number of aryl methyl sites for hydroxylation is 1. The number of benzene rings is 1. The average Bonchev–Trinajstić information content (AvgIpc) is 2.84. The first-order chi connectivity index (χ1) is 9.15. The van der Waals surface area contributed by atoms with Gasteiger partial charge < -0.3 is 10.6 Å². The molecular formula is C16H22N2O. The summed E-state index contributed by atoms with van der Waals surface area (Å²) >= 11 is 0. The zero-order valence-electron chi connectivity index (χ0n) is 11.6. The molecule has 19 heavy (non-hydrogen) atoms. The molecule has 2 fully saturated rings. The molecule has 2 aliphatic rings. The van der Waals surface area contributed by atoms with Gasteiger partial charge in [-0.3, -0.25) is 4.79 Å². The van der Waals surface area contributed by atoms with Gasteiger partial charge in [0.05, 0.1) is 0 Å². The van der Waals surface area contributed by atoms with Gasteiger partial charge in [-0.15, -0.1) is 0 Å². The minimum absolute atomic E-state index is 0.166. The second-order valence-electron chi connectivity index (χ2n) is 6.09. The van der Waals surface area contributed by atoms with E-state index in [4.69, 9.17) is 5.73 Å². The Morgan fingerprint density at radius 1 is 1.21 bits per heavy atom. The molecule has 1 saturated carbocycles. The lowest BCUT2D eigenvalue weighted by Gasteiger charge is -2.22. The predicted molar refractivity (Wildman–Crippen MR) is 76.9 cm³/mol. The highest BCUT2D eigenvalue weighted by Gasteiger charge is 2.36. The van der Waals surface area contributed by atoms with Crippen LogP contribution in [0.3, 0.4) is 0 Å². The van der Waals surface area contributed by atoms with Crippen LogP contribution in [0.1, 0.15) is 41.6 Å². The van der Waals surface area contributed by atoms with E-state index in [2.05, 4.69) is 0 Å². The summed E-state index contributed by atoms with van der Waals surface area (Å²) in [5.41, 5.74) is 8.28. The molecule has 1 saturated heterocycles. The summed E-state index contributed by atoms with van der Waals surface area (Å²) in [5, 5.41) is 0. The van der Waals surface area contributed by atoms with Crippen LogP contribution >= 0.6 is 0 Å². The Hall–Kier alpha value is -1.51. The minimum Gasteiger partial charge on any atom is -0.399 e. The number of hydrogen-bond donors (Lipinski definition) is 1. The standard InChI is InChI=1S/C16H22N2O/c1-11-6-7-14(17)8-15(11)16(19)18-9-12-4-2-3-5-13(12)10-18/h6-8,12-13H,2-5,9-10,17H2,1H3. The maximum Gasteiger partial charge on any atom is 0.254 e. The Balaban J connectivity index is 1.79. The van der Waals surface area contributed by atoms with Crippen LogP contribution in [-0.2, 0) is 0 Å². The third-order valence-electron chi connectivity index (χ3n) is 4.76. The van der Waals surface area contributed by atoms with Crippen molar-refractivity contribution >= 4 is 11.6 Å². The molecule has 0 aromatic heterocycles. The first-order valence-electron chi connectivity index (χ1n) is 7.30. The molecule has 1 amide bonds. The lowest BCUT2D eigenvalue weighted by Crippen LogP contribution is -2.29. The number of fused-ring (bicyclic) bond motifs is 1. The van der Waals surface area contributed by atoms with Gasteiger partial charge in [-0.2, -0.15) is 0 Å². The van der Waals surface area contributed by atoms with Gasteiger partial charge in [0.2, 0.25) is 0 Å². The number of carbonyl (C=O) groups excluding carboxylic acids is 1. The Bertz CT molecular complexity index is 484. The maximum atomic E-state index is 12.6. The number of carbonyl (C=O) groups is 1. The van der Waals surface area contributed by atoms with Gasteiger partial charge in [0.25, 0.3) is 5.91 Å². The number of amides is 1. The van der Waals surface area contributed by atoms with Crippen molar-refractivity contribution in [2.24, 2.45) is 11.8 Å². The number of anilines is 1. The molecule has 1 aromatic rings. The molecule has 2 atom stereocenters. The van der Waals surface area contributed by atoms with Gasteiger partial charge in [0.15, 0.2) is 0 Å². The molecule has 1 aliphatic heterocycles. The van der Waals surface area contributed by atoms with Crippen molar-refractivity contribution in [3.63, 3.8) is 0 Å². The molecule has 102 valence electrons. The van der Waals surface area contributed by atoms with Gasteiger partial charge in [-0.05, 0) is 49.3 Å². The first kappa shape index (κ1) is 12.5. The second kappa shape index (κ2) is 4.87. The van der Waals surface area contributed by atoms with Gasteiger partial charge in [0, 0.05) is 24.3 Å². The topological polar surface area (TPSA) is 46.3 Å². The van der Waals surface area contributed by atoms with E-state index in [1.165, 1.54) is 25.7 Å². The van der Waals surface area contributed by atoms with E-state index < -0.39 is 0 Å². The van der Waals surface area contributed by atoms with E-state index in [0.29, 0.717) is 5.69 Å². The first-order valence-corrected chi connectivity index (χ1v) is 7.30. The molecule has 0 spiro atoms. The van der Waals surface area contributed by atoms with E-state index in [9.17, 15) is 4.79 Å². The van der Waals surface area contributed by atoms with Crippen molar-refractivity contribution in [1.82, 2.24) is 4.90 Å². The number of rotatable bonds is 1. The molecule has 3 nitrogen and oxygen atoms in total. The van der Waals surface area contributed by atoms with Crippen LogP contribution in [0.25, 0.3) is 0 Å². The summed E-state index contributed by atoms with van der Waals surface area (Å²) in [7, 11) is 0.